The van der Waals surface area contributed by atoms with Crippen molar-refractivity contribution in [1.29, 1.82) is 0 Å². The molecule has 1 aliphatic carbocycles. The first-order chi connectivity index (χ1) is 15.6. The number of nitrogens with zero attached hydrogens (tertiary/aromatic N) is 1. The lowest BCUT2D eigenvalue weighted by Gasteiger charge is -2.28. The topological polar surface area (TPSA) is 74.4 Å². The maximum absolute atomic E-state index is 13.2. The summed E-state index contributed by atoms with van der Waals surface area (Å²) >= 11 is 0. The summed E-state index contributed by atoms with van der Waals surface area (Å²) in [5, 5.41) is 4.08. The molecule has 0 bridgehead atoms. The lowest BCUT2D eigenvalue weighted by molar-refractivity contribution is 0.184. The van der Waals surface area contributed by atoms with Gasteiger partial charge < -0.3 is 19.9 Å². The van der Waals surface area contributed by atoms with Crippen LogP contribution in [0, 0.1) is 0 Å². The van der Waals surface area contributed by atoms with Crippen molar-refractivity contribution >= 4 is 16.9 Å². The minimum Gasteiger partial charge on any atom is -0.494 e. The molecule has 1 aromatic heterocycles. The van der Waals surface area contributed by atoms with Crippen LogP contribution in [0.25, 0.3) is 10.9 Å². The first-order valence-corrected chi connectivity index (χ1v) is 11.5. The number of rotatable bonds is 7. The van der Waals surface area contributed by atoms with E-state index in [1.165, 1.54) is 6.42 Å². The molecule has 0 spiro atoms. The van der Waals surface area contributed by atoms with Crippen molar-refractivity contribution in [2.75, 3.05) is 6.61 Å². The van der Waals surface area contributed by atoms with E-state index in [0.29, 0.717) is 18.7 Å². The molecule has 1 fully saturated rings. The molecular formula is C26H31N3O3. The fourth-order valence-electron chi connectivity index (χ4n) is 4.33. The standard InChI is InChI=1S/C26H31N3O3/c1-2-32-23-13-14-24-20(16-23)15-21(25(30)28-24)18-29(17-19-9-5-3-6-10-19)26(31)27-22-11-7-4-8-12-22/h3,5-6,9-10,13-16,22H,2,4,7-8,11-12,17-18H2,1H3,(H,27,31)(H,28,30). The van der Waals surface area contributed by atoms with Gasteiger partial charge in [-0.15, -0.1) is 0 Å². The Bertz CT molecular complexity index is 1100. The second-order valence-corrected chi connectivity index (χ2v) is 8.43. The number of pyridine rings is 1. The van der Waals surface area contributed by atoms with Crippen molar-refractivity contribution in [3.05, 3.63) is 76.1 Å². The first kappa shape index (κ1) is 21.9. The molecular weight excluding hydrogens is 402 g/mol. The van der Waals surface area contributed by atoms with E-state index in [-0.39, 0.29) is 24.2 Å². The first-order valence-electron chi connectivity index (χ1n) is 11.5. The van der Waals surface area contributed by atoms with Crippen LogP contribution >= 0.6 is 0 Å². The van der Waals surface area contributed by atoms with Gasteiger partial charge in [0.15, 0.2) is 0 Å². The zero-order valence-electron chi connectivity index (χ0n) is 18.6. The van der Waals surface area contributed by atoms with Crippen LogP contribution in [0.3, 0.4) is 0 Å². The van der Waals surface area contributed by atoms with E-state index >= 15 is 0 Å². The van der Waals surface area contributed by atoms with E-state index in [1.807, 2.05) is 61.5 Å². The second kappa shape index (κ2) is 10.4. The third-order valence-corrected chi connectivity index (χ3v) is 6.00. The molecule has 3 aromatic rings. The summed E-state index contributed by atoms with van der Waals surface area (Å²) in [6.07, 6.45) is 5.56. The number of nitrogens with one attached hydrogen (secondary N) is 2. The van der Waals surface area contributed by atoms with Crippen LogP contribution in [-0.4, -0.2) is 28.6 Å². The van der Waals surface area contributed by atoms with Crippen molar-refractivity contribution in [3.8, 4) is 5.75 Å². The highest BCUT2D eigenvalue weighted by atomic mass is 16.5. The number of benzene rings is 2. The molecule has 6 nitrogen and oxygen atoms in total. The average Bonchev–Trinajstić information content (AvgIpc) is 2.81. The van der Waals surface area contributed by atoms with Crippen LogP contribution in [0.15, 0.2) is 59.4 Å². The zero-order chi connectivity index (χ0) is 22.3. The number of amides is 2. The summed E-state index contributed by atoms with van der Waals surface area (Å²) < 4.78 is 5.60. The summed E-state index contributed by atoms with van der Waals surface area (Å²) in [6, 6.07) is 17.4. The Morgan fingerprint density at radius 1 is 1.06 bits per heavy atom. The molecule has 0 atom stereocenters. The van der Waals surface area contributed by atoms with Crippen molar-refractivity contribution in [2.24, 2.45) is 0 Å². The predicted octanol–water partition coefficient (Wildman–Crippen LogP) is 4.97. The molecule has 1 heterocycles. The average molecular weight is 434 g/mol. The molecule has 168 valence electrons. The van der Waals surface area contributed by atoms with Gasteiger partial charge in [-0.05, 0) is 49.6 Å². The number of aromatic nitrogens is 1. The van der Waals surface area contributed by atoms with Gasteiger partial charge in [-0.1, -0.05) is 49.6 Å². The third-order valence-electron chi connectivity index (χ3n) is 6.00. The largest absolute Gasteiger partial charge is 0.494 e. The smallest absolute Gasteiger partial charge is 0.318 e. The molecule has 2 N–H and O–H groups in total. The molecule has 1 aliphatic rings. The lowest BCUT2D eigenvalue weighted by atomic mass is 9.96. The van der Waals surface area contributed by atoms with Crippen LogP contribution < -0.4 is 15.6 Å². The molecule has 6 heteroatoms. The number of aromatic amines is 1. The summed E-state index contributed by atoms with van der Waals surface area (Å²) in [7, 11) is 0. The van der Waals surface area contributed by atoms with Gasteiger partial charge in [0.05, 0.1) is 13.2 Å². The Morgan fingerprint density at radius 2 is 1.84 bits per heavy atom. The normalized spacial score (nSPS) is 14.3. The molecule has 0 radical (unpaired) electrons. The van der Waals surface area contributed by atoms with Gasteiger partial charge in [0, 0.05) is 29.1 Å². The van der Waals surface area contributed by atoms with Crippen LogP contribution in [0.4, 0.5) is 4.79 Å². The number of carbonyl (C=O) groups is 1. The molecule has 2 aromatic carbocycles. The quantitative estimate of drug-likeness (QED) is 0.552. The maximum Gasteiger partial charge on any atom is 0.318 e. The van der Waals surface area contributed by atoms with Gasteiger partial charge in [0.2, 0.25) is 0 Å². The summed E-state index contributed by atoms with van der Waals surface area (Å²) in [5.74, 6) is 0.759. The Morgan fingerprint density at radius 3 is 2.59 bits per heavy atom. The number of H-pyrrole nitrogens is 1. The maximum atomic E-state index is 13.2. The molecule has 0 aliphatic heterocycles. The van der Waals surface area contributed by atoms with Crippen molar-refractivity contribution in [2.45, 2.75) is 58.2 Å². The Labute approximate surface area is 188 Å². The molecule has 32 heavy (non-hydrogen) atoms. The number of urea groups is 1. The number of hydrogen-bond donors (Lipinski definition) is 2. The Hall–Kier alpha value is -3.28. The number of ether oxygens (including phenoxy) is 1. The summed E-state index contributed by atoms with van der Waals surface area (Å²) in [4.78, 5) is 30.7. The minimum atomic E-state index is -0.176. The Kier molecular flexibility index (Phi) is 7.10. The van der Waals surface area contributed by atoms with Gasteiger partial charge in [0.1, 0.15) is 5.75 Å². The number of hydrogen-bond acceptors (Lipinski definition) is 3. The van der Waals surface area contributed by atoms with E-state index in [0.717, 1.165) is 47.9 Å². The van der Waals surface area contributed by atoms with Gasteiger partial charge in [-0.3, -0.25) is 4.79 Å². The SMILES string of the molecule is CCOc1ccc2[nH]c(=O)c(CN(Cc3ccccc3)C(=O)NC3CCCCC3)cc2c1. The van der Waals surface area contributed by atoms with E-state index in [9.17, 15) is 9.59 Å². The van der Waals surface area contributed by atoms with Crippen LogP contribution in [0.5, 0.6) is 5.75 Å². The number of carbonyl (C=O) groups excluding carboxylic acids is 1. The Balaban J connectivity index is 1.60. The van der Waals surface area contributed by atoms with Gasteiger partial charge in [-0.25, -0.2) is 4.79 Å². The van der Waals surface area contributed by atoms with Crippen molar-refractivity contribution in [1.82, 2.24) is 15.2 Å². The van der Waals surface area contributed by atoms with E-state index in [4.69, 9.17) is 4.74 Å². The van der Waals surface area contributed by atoms with Crippen LogP contribution in [0.1, 0.15) is 50.2 Å². The highest BCUT2D eigenvalue weighted by molar-refractivity contribution is 5.81. The summed E-state index contributed by atoms with van der Waals surface area (Å²) in [6.45, 7) is 3.19. The fraction of sp³-hybridized carbons (Fsp3) is 0.385. The third kappa shape index (κ3) is 5.49. The van der Waals surface area contributed by atoms with Gasteiger partial charge in [-0.2, -0.15) is 0 Å². The van der Waals surface area contributed by atoms with E-state index < -0.39 is 0 Å². The lowest BCUT2D eigenvalue weighted by Crippen LogP contribution is -2.45. The summed E-state index contributed by atoms with van der Waals surface area (Å²) in [5.41, 5.74) is 2.16. The molecule has 0 unspecified atom stereocenters. The van der Waals surface area contributed by atoms with Crippen LogP contribution in [0.2, 0.25) is 0 Å². The van der Waals surface area contributed by atoms with Crippen molar-refractivity contribution < 1.29 is 9.53 Å². The van der Waals surface area contributed by atoms with E-state index in [2.05, 4.69) is 10.3 Å². The van der Waals surface area contributed by atoms with E-state index in [1.54, 1.807) is 4.90 Å². The zero-order valence-corrected chi connectivity index (χ0v) is 18.6. The van der Waals surface area contributed by atoms with Crippen LogP contribution in [-0.2, 0) is 13.1 Å². The molecule has 4 rings (SSSR count). The highest BCUT2D eigenvalue weighted by Crippen LogP contribution is 2.21. The highest BCUT2D eigenvalue weighted by Gasteiger charge is 2.21. The van der Waals surface area contributed by atoms with Crippen molar-refractivity contribution in [3.63, 3.8) is 0 Å². The predicted molar refractivity (Wildman–Crippen MR) is 127 cm³/mol. The molecule has 1 saturated carbocycles. The molecule has 0 saturated heterocycles. The molecule has 2 amide bonds. The van der Waals surface area contributed by atoms with Gasteiger partial charge in [0.25, 0.3) is 5.56 Å². The second-order valence-electron chi connectivity index (χ2n) is 8.43. The number of fused-ring (bicyclic) bond motifs is 1. The monoisotopic (exact) mass is 433 g/mol. The minimum absolute atomic E-state index is 0.122. The van der Waals surface area contributed by atoms with Gasteiger partial charge >= 0.3 is 6.03 Å². The fourth-order valence-corrected chi connectivity index (χ4v) is 4.33.